The summed E-state index contributed by atoms with van der Waals surface area (Å²) >= 11 is 0. The molecule has 0 spiro atoms. The molecule has 1 aromatic rings. The van der Waals surface area contributed by atoms with Crippen molar-refractivity contribution in [2.45, 2.75) is 52.0 Å². The van der Waals surface area contributed by atoms with Gasteiger partial charge in [-0.1, -0.05) is 19.3 Å². The van der Waals surface area contributed by atoms with Gasteiger partial charge in [-0.3, -0.25) is 0 Å². The minimum absolute atomic E-state index is 0.0752. The molecule has 0 radical (unpaired) electrons. The number of carbonyl (C=O) groups is 1. The maximum absolute atomic E-state index is 11.6. The van der Waals surface area contributed by atoms with Crippen LogP contribution in [0.5, 0.6) is 0 Å². The minimum atomic E-state index is -0.897. The van der Waals surface area contributed by atoms with E-state index in [0.717, 1.165) is 37.7 Å². The standard InChI is InChI=1S/C15H20N4O2/c1-9-10(2)18-19-14(12(9)8-16)17-13(15(20)21)11-6-4-3-5-7-11/h11,13H,3-7H2,1-2H3,(H,17,19)(H,20,21). The number of aryl methyl sites for hydroxylation is 1. The fourth-order valence-electron chi connectivity index (χ4n) is 2.84. The predicted molar refractivity (Wildman–Crippen MR) is 77.8 cm³/mol. The molecular formula is C15H20N4O2. The fourth-order valence-corrected chi connectivity index (χ4v) is 2.84. The Morgan fingerprint density at radius 1 is 1.33 bits per heavy atom. The van der Waals surface area contributed by atoms with E-state index >= 15 is 0 Å². The first-order chi connectivity index (χ1) is 10.0. The van der Waals surface area contributed by atoms with E-state index in [1.54, 1.807) is 13.8 Å². The normalized spacial score (nSPS) is 17.0. The van der Waals surface area contributed by atoms with E-state index in [-0.39, 0.29) is 11.7 Å². The van der Waals surface area contributed by atoms with Crippen LogP contribution in [-0.4, -0.2) is 27.3 Å². The van der Waals surface area contributed by atoms with Crippen LogP contribution < -0.4 is 5.32 Å². The topological polar surface area (TPSA) is 98.9 Å². The van der Waals surface area contributed by atoms with Crippen molar-refractivity contribution in [1.82, 2.24) is 10.2 Å². The van der Waals surface area contributed by atoms with Crippen molar-refractivity contribution < 1.29 is 9.90 Å². The van der Waals surface area contributed by atoms with Crippen molar-refractivity contribution in [3.63, 3.8) is 0 Å². The van der Waals surface area contributed by atoms with Gasteiger partial charge in [-0.2, -0.15) is 10.4 Å². The molecule has 2 N–H and O–H groups in total. The molecule has 0 aliphatic heterocycles. The molecule has 1 aliphatic rings. The zero-order valence-corrected chi connectivity index (χ0v) is 12.4. The molecule has 0 aromatic carbocycles. The van der Waals surface area contributed by atoms with E-state index < -0.39 is 12.0 Å². The number of nitrogens with one attached hydrogen (secondary N) is 1. The highest BCUT2D eigenvalue weighted by atomic mass is 16.4. The SMILES string of the molecule is Cc1nnc(NC(C(=O)O)C2CCCCC2)c(C#N)c1C. The van der Waals surface area contributed by atoms with Gasteiger partial charge in [0.25, 0.3) is 0 Å². The largest absolute Gasteiger partial charge is 0.480 e. The average molecular weight is 288 g/mol. The van der Waals surface area contributed by atoms with E-state index in [1.807, 2.05) is 0 Å². The molecule has 6 nitrogen and oxygen atoms in total. The highest BCUT2D eigenvalue weighted by Gasteiger charge is 2.30. The maximum Gasteiger partial charge on any atom is 0.326 e. The van der Waals surface area contributed by atoms with Gasteiger partial charge in [-0.15, -0.1) is 5.10 Å². The maximum atomic E-state index is 11.6. The number of anilines is 1. The number of hydrogen-bond acceptors (Lipinski definition) is 5. The number of nitrogens with zero attached hydrogens (tertiary/aromatic N) is 3. The van der Waals surface area contributed by atoms with Crippen molar-refractivity contribution in [3.05, 3.63) is 16.8 Å². The molecule has 0 amide bonds. The predicted octanol–water partition coefficient (Wildman–Crippen LogP) is 2.41. The quantitative estimate of drug-likeness (QED) is 0.882. The van der Waals surface area contributed by atoms with Gasteiger partial charge >= 0.3 is 5.97 Å². The summed E-state index contributed by atoms with van der Waals surface area (Å²) in [6.07, 6.45) is 5.06. The molecule has 6 heteroatoms. The molecule has 0 saturated heterocycles. The van der Waals surface area contributed by atoms with Gasteiger partial charge in [0, 0.05) is 0 Å². The zero-order chi connectivity index (χ0) is 15.4. The molecule has 1 saturated carbocycles. The Morgan fingerprint density at radius 3 is 2.57 bits per heavy atom. The summed E-state index contributed by atoms with van der Waals surface area (Å²) in [5, 5.41) is 29.7. The molecule has 21 heavy (non-hydrogen) atoms. The zero-order valence-electron chi connectivity index (χ0n) is 12.4. The van der Waals surface area contributed by atoms with Crippen LogP contribution in [0.2, 0.25) is 0 Å². The second-order valence-electron chi connectivity index (χ2n) is 5.60. The Kier molecular flexibility index (Phi) is 4.73. The van der Waals surface area contributed by atoms with Crippen LogP contribution in [0.1, 0.15) is 48.9 Å². The van der Waals surface area contributed by atoms with Gasteiger partial charge in [0.05, 0.1) is 5.69 Å². The molecule has 2 rings (SSSR count). The molecule has 1 heterocycles. The minimum Gasteiger partial charge on any atom is -0.480 e. The summed E-state index contributed by atoms with van der Waals surface area (Å²) in [5.74, 6) is -0.546. The Bertz CT molecular complexity index is 574. The van der Waals surface area contributed by atoms with Crippen molar-refractivity contribution >= 4 is 11.8 Å². The first-order valence-corrected chi connectivity index (χ1v) is 7.28. The Labute approximate surface area is 124 Å². The second-order valence-corrected chi connectivity index (χ2v) is 5.60. The van der Waals surface area contributed by atoms with E-state index in [0.29, 0.717) is 11.3 Å². The average Bonchev–Trinajstić information content (AvgIpc) is 2.49. The first kappa shape index (κ1) is 15.2. The lowest BCUT2D eigenvalue weighted by molar-refractivity contribution is -0.139. The number of nitriles is 1. The Hall–Kier alpha value is -2.16. The fraction of sp³-hybridized carbons (Fsp3) is 0.600. The lowest BCUT2D eigenvalue weighted by atomic mass is 9.84. The van der Waals surface area contributed by atoms with Gasteiger partial charge in [-0.05, 0) is 38.2 Å². The van der Waals surface area contributed by atoms with Crippen molar-refractivity contribution in [3.8, 4) is 6.07 Å². The van der Waals surface area contributed by atoms with E-state index in [2.05, 4.69) is 21.6 Å². The molecule has 1 unspecified atom stereocenters. The molecule has 1 aliphatic carbocycles. The number of aromatic nitrogens is 2. The van der Waals surface area contributed by atoms with E-state index in [4.69, 9.17) is 0 Å². The van der Waals surface area contributed by atoms with Crippen LogP contribution in [0.3, 0.4) is 0 Å². The van der Waals surface area contributed by atoms with Gasteiger partial charge in [0.2, 0.25) is 0 Å². The third kappa shape index (κ3) is 3.30. The highest BCUT2D eigenvalue weighted by molar-refractivity contribution is 5.78. The third-order valence-corrected chi connectivity index (χ3v) is 4.25. The summed E-state index contributed by atoms with van der Waals surface area (Å²) < 4.78 is 0. The molecule has 112 valence electrons. The third-order valence-electron chi connectivity index (χ3n) is 4.25. The molecular weight excluding hydrogens is 268 g/mol. The monoisotopic (exact) mass is 288 g/mol. The molecule has 1 atom stereocenters. The Morgan fingerprint density at radius 2 is 2.00 bits per heavy atom. The summed E-state index contributed by atoms with van der Waals surface area (Å²) in [4.78, 5) is 11.6. The van der Waals surface area contributed by atoms with Crippen LogP contribution >= 0.6 is 0 Å². The Balaban J connectivity index is 2.27. The van der Waals surface area contributed by atoms with Gasteiger partial charge in [-0.25, -0.2) is 4.79 Å². The van der Waals surface area contributed by atoms with Crippen LogP contribution in [0.4, 0.5) is 5.82 Å². The number of carboxylic acids is 1. The highest BCUT2D eigenvalue weighted by Crippen LogP contribution is 2.29. The number of carboxylic acid groups (broad SMARTS) is 1. The van der Waals surface area contributed by atoms with Crippen LogP contribution in [0, 0.1) is 31.1 Å². The van der Waals surface area contributed by atoms with Crippen LogP contribution in [0.15, 0.2) is 0 Å². The number of aliphatic carboxylic acids is 1. The van der Waals surface area contributed by atoms with E-state index in [9.17, 15) is 15.2 Å². The van der Waals surface area contributed by atoms with Gasteiger partial charge in [0.15, 0.2) is 5.82 Å². The first-order valence-electron chi connectivity index (χ1n) is 7.28. The molecule has 0 bridgehead atoms. The van der Waals surface area contributed by atoms with Crippen molar-refractivity contribution in [2.75, 3.05) is 5.32 Å². The van der Waals surface area contributed by atoms with E-state index in [1.165, 1.54) is 0 Å². The number of hydrogen-bond donors (Lipinski definition) is 2. The molecule has 1 fully saturated rings. The lowest BCUT2D eigenvalue weighted by Crippen LogP contribution is -2.38. The van der Waals surface area contributed by atoms with Crippen LogP contribution in [-0.2, 0) is 4.79 Å². The summed E-state index contributed by atoms with van der Waals surface area (Å²) in [6, 6.07) is 1.38. The van der Waals surface area contributed by atoms with Crippen LogP contribution in [0.25, 0.3) is 0 Å². The van der Waals surface area contributed by atoms with Gasteiger partial charge in [0.1, 0.15) is 17.7 Å². The van der Waals surface area contributed by atoms with Crippen molar-refractivity contribution in [1.29, 1.82) is 5.26 Å². The summed E-state index contributed by atoms with van der Waals surface area (Å²) in [7, 11) is 0. The van der Waals surface area contributed by atoms with Gasteiger partial charge < -0.3 is 10.4 Å². The summed E-state index contributed by atoms with van der Waals surface area (Å²) in [6.45, 7) is 3.58. The van der Waals surface area contributed by atoms with Crippen molar-refractivity contribution in [2.24, 2.45) is 5.92 Å². The number of rotatable bonds is 4. The second kappa shape index (κ2) is 6.53. The molecule has 1 aromatic heterocycles. The summed E-state index contributed by atoms with van der Waals surface area (Å²) in [5.41, 5.74) is 1.80. The lowest BCUT2D eigenvalue weighted by Gasteiger charge is -2.28. The smallest absolute Gasteiger partial charge is 0.326 e.